The van der Waals surface area contributed by atoms with Gasteiger partial charge < -0.3 is 5.11 Å². The van der Waals surface area contributed by atoms with Gasteiger partial charge in [-0.15, -0.1) is 0 Å². The standard InChI is InChI=1S/C16H17NO4S/c1-12-7-5-6-10-15(12)22(20,21)17-14(16(18)19)11-13-8-3-2-4-9-13/h2-10,14,17H,11H2,1H3,(H,18,19)/t14-/m0/s1. The zero-order valence-electron chi connectivity index (χ0n) is 12.1. The van der Waals surface area contributed by atoms with Crippen LogP contribution in [0.5, 0.6) is 0 Å². The van der Waals surface area contributed by atoms with Gasteiger partial charge in [-0.05, 0) is 30.5 Å². The number of rotatable bonds is 6. The average Bonchev–Trinajstić information content (AvgIpc) is 2.47. The number of nitrogens with one attached hydrogen (secondary N) is 1. The normalized spacial score (nSPS) is 12.8. The molecule has 2 N–H and O–H groups in total. The van der Waals surface area contributed by atoms with Crippen molar-refractivity contribution >= 4 is 16.0 Å². The van der Waals surface area contributed by atoms with Gasteiger partial charge in [0.05, 0.1) is 4.90 Å². The maximum Gasteiger partial charge on any atom is 0.322 e. The van der Waals surface area contributed by atoms with Crippen molar-refractivity contribution in [1.29, 1.82) is 0 Å². The molecule has 2 rings (SSSR count). The van der Waals surface area contributed by atoms with Crippen LogP contribution in [0.15, 0.2) is 59.5 Å². The molecule has 6 heteroatoms. The molecule has 116 valence electrons. The average molecular weight is 319 g/mol. The Balaban J connectivity index is 2.24. The van der Waals surface area contributed by atoms with Gasteiger partial charge in [-0.2, -0.15) is 4.72 Å². The molecule has 2 aromatic rings. The van der Waals surface area contributed by atoms with Crippen LogP contribution in [0.25, 0.3) is 0 Å². The smallest absolute Gasteiger partial charge is 0.322 e. The van der Waals surface area contributed by atoms with Crippen molar-refractivity contribution in [3.63, 3.8) is 0 Å². The highest BCUT2D eigenvalue weighted by Gasteiger charge is 2.26. The van der Waals surface area contributed by atoms with Crippen molar-refractivity contribution in [3.05, 3.63) is 65.7 Å². The summed E-state index contributed by atoms with van der Waals surface area (Å²) in [5, 5.41) is 9.29. The Morgan fingerprint density at radius 2 is 1.68 bits per heavy atom. The van der Waals surface area contributed by atoms with Crippen LogP contribution in [-0.4, -0.2) is 25.5 Å². The summed E-state index contributed by atoms with van der Waals surface area (Å²) in [7, 11) is -3.89. The van der Waals surface area contributed by atoms with Crippen LogP contribution >= 0.6 is 0 Å². The van der Waals surface area contributed by atoms with Crippen LogP contribution in [0, 0.1) is 6.92 Å². The molecule has 5 nitrogen and oxygen atoms in total. The van der Waals surface area contributed by atoms with Gasteiger partial charge in [-0.1, -0.05) is 48.5 Å². The maximum atomic E-state index is 12.4. The zero-order chi connectivity index (χ0) is 16.2. The van der Waals surface area contributed by atoms with Crippen LogP contribution in [0.1, 0.15) is 11.1 Å². The third-order valence-corrected chi connectivity index (χ3v) is 4.89. The molecule has 0 amide bonds. The number of aryl methyl sites for hydroxylation is 1. The summed E-state index contributed by atoms with van der Waals surface area (Å²) in [6.07, 6.45) is 0.0846. The molecule has 0 saturated heterocycles. The van der Waals surface area contributed by atoms with Crippen LogP contribution in [0.2, 0.25) is 0 Å². The monoisotopic (exact) mass is 319 g/mol. The summed E-state index contributed by atoms with van der Waals surface area (Å²) in [4.78, 5) is 11.5. The van der Waals surface area contributed by atoms with Crippen molar-refractivity contribution in [2.45, 2.75) is 24.3 Å². The van der Waals surface area contributed by atoms with E-state index in [0.29, 0.717) is 5.56 Å². The number of carboxylic acids is 1. The minimum atomic E-state index is -3.89. The van der Waals surface area contributed by atoms with Gasteiger partial charge in [-0.3, -0.25) is 4.79 Å². The molecule has 1 atom stereocenters. The fourth-order valence-electron chi connectivity index (χ4n) is 2.14. The predicted molar refractivity (Wildman–Crippen MR) is 83.1 cm³/mol. The van der Waals surface area contributed by atoms with Crippen molar-refractivity contribution in [2.24, 2.45) is 0 Å². The first-order valence-corrected chi connectivity index (χ1v) is 8.23. The first-order chi connectivity index (χ1) is 10.4. The molecule has 0 unspecified atom stereocenters. The lowest BCUT2D eigenvalue weighted by Crippen LogP contribution is -2.42. The van der Waals surface area contributed by atoms with Crippen molar-refractivity contribution in [3.8, 4) is 0 Å². The Hall–Kier alpha value is -2.18. The highest BCUT2D eigenvalue weighted by molar-refractivity contribution is 7.89. The van der Waals surface area contributed by atoms with E-state index in [0.717, 1.165) is 5.56 Å². The lowest BCUT2D eigenvalue weighted by Gasteiger charge is -2.16. The molecule has 0 aliphatic rings. The Labute approximate surface area is 129 Å². The summed E-state index contributed by atoms with van der Waals surface area (Å²) in [6, 6.07) is 14.1. The minimum absolute atomic E-state index is 0.0846. The largest absolute Gasteiger partial charge is 0.480 e. The summed E-state index contributed by atoms with van der Waals surface area (Å²) >= 11 is 0. The number of carbonyl (C=O) groups is 1. The summed E-state index contributed by atoms with van der Waals surface area (Å²) in [5.41, 5.74) is 1.32. The van der Waals surface area contributed by atoms with Gasteiger partial charge >= 0.3 is 5.97 Å². The molecular weight excluding hydrogens is 302 g/mol. The van der Waals surface area contributed by atoms with Gasteiger partial charge in [0.1, 0.15) is 6.04 Å². The van der Waals surface area contributed by atoms with Crippen LogP contribution in [0.4, 0.5) is 0 Å². The molecule has 0 spiro atoms. The lowest BCUT2D eigenvalue weighted by molar-refractivity contribution is -0.138. The first-order valence-electron chi connectivity index (χ1n) is 6.75. The zero-order valence-corrected chi connectivity index (χ0v) is 12.9. The van der Waals surface area contributed by atoms with Gasteiger partial charge in [0, 0.05) is 0 Å². The molecular formula is C16H17NO4S. The Kier molecular flexibility index (Phi) is 4.95. The fraction of sp³-hybridized carbons (Fsp3) is 0.188. The molecule has 0 saturated carbocycles. The van der Waals surface area contributed by atoms with Crippen LogP contribution in [0.3, 0.4) is 0 Å². The topological polar surface area (TPSA) is 83.5 Å². The van der Waals surface area contributed by atoms with Crippen LogP contribution < -0.4 is 4.72 Å². The van der Waals surface area contributed by atoms with Gasteiger partial charge in [0.25, 0.3) is 0 Å². The van der Waals surface area contributed by atoms with Gasteiger partial charge in [0.2, 0.25) is 10.0 Å². The van der Waals surface area contributed by atoms with E-state index >= 15 is 0 Å². The maximum absolute atomic E-state index is 12.4. The second-order valence-corrected chi connectivity index (χ2v) is 6.65. The van der Waals surface area contributed by atoms with E-state index in [4.69, 9.17) is 0 Å². The first kappa shape index (κ1) is 16.2. The van der Waals surface area contributed by atoms with Crippen LogP contribution in [-0.2, 0) is 21.2 Å². The van der Waals surface area contributed by atoms with E-state index < -0.39 is 22.0 Å². The molecule has 0 aliphatic heterocycles. The number of aliphatic carboxylic acids is 1. The second kappa shape index (κ2) is 6.72. The molecule has 0 bridgehead atoms. The number of sulfonamides is 1. The summed E-state index contributed by atoms with van der Waals surface area (Å²) in [5.74, 6) is -1.21. The van der Waals surface area contributed by atoms with Crippen molar-refractivity contribution in [1.82, 2.24) is 4.72 Å². The Morgan fingerprint density at radius 1 is 1.09 bits per heavy atom. The van der Waals surface area contributed by atoms with E-state index in [1.165, 1.54) is 6.07 Å². The molecule has 22 heavy (non-hydrogen) atoms. The quantitative estimate of drug-likeness (QED) is 0.852. The SMILES string of the molecule is Cc1ccccc1S(=O)(=O)N[C@@H](Cc1ccccc1)C(=O)O. The highest BCUT2D eigenvalue weighted by Crippen LogP contribution is 2.15. The molecule has 0 aromatic heterocycles. The van der Waals surface area contributed by atoms with E-state index in [9.17, 15) is 18.3 Å². The van der Waals surface area contributed by atoms with Gasteiger partial charge in [0.15, 0.2) is 0 Å². The number of hydrogen-bond donors (Lipinski definition) is 2. The minimum Gasteiger partial charge on any atom is -0.480 e. The predicted octanol–water partition coefficient (Wildman–Crippen LogP) is 1.97. The fourth-order valence-corrected chi connectivity index (χ4v) is 3.57. The molecule has 0 heterocycles. The van der Waals surface area contributed by atoms with E-state index in [2.05, 4.69) is 4.72 Å². The molecule has 0 radical (unpaired) electrons. The third-order valence-electron chi connectivity index (χ3n) is 3.26. The number of carboxylic acid groups (broad SMARTS) is 1. The lowest BCUT2D eigenvalue weighted by atomic mass is 10.1. The summed E-state index contributed by atoms with van der Waals surface area (Å²) in [6.45, 7) is 1.67. The molecule has 0 fully saturated rings. The second-order valence-electron chi connectivity index (χ2n) is 4.97. The van der Waals surface area contributed by atoms with E-state index in [1.807, 2.05) is 6.07 Å². The van der Waals surface area contributed by atoms with E-state index in [1.54, 1.807) is 49.4 Å². The molecule has 2 aromatic carbocycles. The third kappa shape index (κ3) is 3.93. The molecule has 0 aliphatic carbocycles. The van der Waals surface area contributed by atoms with Crippen molar-refractivity contribution < 1.29 is 18.3 Å². The number of benzene rings is 2. The van der Waals surface area contributed by atoms with Crippen molar-refractivity contribution in [2.75, 3.05) is 0 Å². The Bertz CT molecular complexity index is 757. The van der Waals surface area contributed by atoms with E-state index in [-0.39, 0.29) is 11.3 Å². The number of hydrogen-bond acceptors (Lipinski definition) is 3. The Morgan fingerprint density at radius 3 is 2.27 bits per heavy atom. The van der Waals surface area contributed by atoms with Gasteiger partial charge in [-0.25, -0.2) is 8.42 Å². The summed E-state index contributed by atoms with van der Waals surface area (Å²) < 4.78 is 27.0. The highest BCUT2D eigenvalue weighted by atomic mass is 32.2.